The molecule has 1 fully saturated rings. The van der Waals surface area contributed by atoms with Gasteiger partial charge in [0.05, 0.1) is 13.2 Å². The molecule has 0 saturated heterocycles. The highest BCUT2D eigenvalue weighted by Gasteiger charge is 2.28. The van der Waals surface area contributed by atoms with E-state index in [4.69, 9.17) is 16.3 Å². The molecule has 0 aromatic carbocycles. The zero-order valence-electron chi connectivity index (χ0n) is 9.80. The molecular weight excluding hydrogens is 244 g/mol. The molecule has 1 N–H and O–H groups in total. The van der Waals surface area contributed by atoms with Gasteiger partial charge in [0.2, 0.25) is 11.2 Å². The Labute approximate surface area is 105 Å². The summed E-state index contributed by atoms with van der Waals surface area (Å²) in [5.74, 6) is 0.972. The van der Waals surface area contributed by atoms with Crippen LogP contribution in [-0.4, -0.2) is 46.9 Å². The number of aromatic nitrogens is 3. The molecule has 0 aliphatic heterocycles. The molecule has 1 aromatic rings. The molecule has 0 unspecified atom stereocenters. The van der Waals surface area contributed by atoms with E-state index in [-0.39, 0.29) is 17.4 Å². The Kier molecular flexibility index (Phi) is 3.63. The number of nitrogens with zero attached hydrogens (tertiary/aromatic N) is 4. The van der Waals surface area contributed by atoms with Crippen LogP contribution in [0, 0.1) is 5.92 Å². The van der Waals surface area contributed by atoms with Gasteiger partial charge in [0, 0.05) is 13.6 Å². The van der Waals surface area contributed by atoms with Gasteiger partial charge >= 0.3 is 6.01 Å². The van der Waals surface area contributed by atoms with Gasteiger partial charge < -0.3 is 14.7 Å². The number of aliphatic hydroxyl groups excluding tert-OH is 1. The minimum absolute atomic E-state index is 0.118. The number of methoxy groups -OCH3 is 1. The first kappa shape index (κ1) is 12.3. The molecule has 94 valence electrons. The summed E-state index contributed by atoms with van der Waals surface area (Å²) in [5.41, 5.74) is 0. The summed E-state index contributed by atoms with van der Waals surface area (Å²) in [6.07, 6.45) is 1.52. The summed E-state index contributed by atoms with van der Waals surface area (Å²) in [6, 6.07) is 0.209. The first-order valence-electron chi connectivity index (χ1n) is 5.43. The van der Waals surface area contributed by atoms with Crippen LogP contribution < -0.4 is 9.64 Å². The molecule has 1 heterocycles. The zero-order chi connectivity index (χ0) is 12.4. The molecule has 1 aliphatic carbocycles. The second-order valence-corrected chi connectivity index (χ2v) is 4.60. The fraction of sp³-hybridized carbons (Fsp3) is 0.700. The minimum atomic E-state index is -0.148. The van der Waals surface area contributed by atoms with Crippen LogP contribution in [-0.2, 0) is 0 Å². The summed E-state index contributed by atoms with van der Waals surface area (Å²) in [7, 11) is 3.37. The van der Waals surface area contributed by atoms with Crippen molar-refractivity contribution in [3.63, 3.8) is 0 Å². The average molecular weight is 259 g/mol. The molecule has 0 bridgehead atoms. The van der Waals surface area contributed by atoms with Crippen molar-refractivity contribution in [2.45, 2.75) is 18.9 Å². The van der Waals surface area contributed by atoms with E-state index in [0.717, 1.165) is 19.4 Å². The van der Waals surface area contributed by atoms with Gasteiger partial charge in [0.25, 0.3) is 0 Å². The first-order valence-corrected chi connectivity index (χ1v) is 5.81. The first-order chi connectivity index (χ1) is 8.08. The third-order valence-corrected chi connectivity index (χ3v) is 3.01. The number of anilines is 1. The topological polar surface area (TPSA) is 71.4 Å². The van der Waals surface area contributed by atoms with Gasteiger partial charge in [-0.1, -0.05) is 0 Å². The van der Waals surface area contributed by atoms with Crippen molar-refractivity contribution in [1.82, 2.24) is 15.0 Å². The molecule has 0 radical (unpaired) electrons. The zero-order valence-corrected chi connectivity index (χ0v) is 10.6. The van der Waals surface area contributed by atoms with Crippen molar-refractivity contribution in [2.75, 3.05) is 25.6 Å². The van der Waals surface area contributed by atoms with Gasteiger partial charge in [-0.3, -0.25) is 0 Å². The minimum Gasteiger partial charge on any atom is -0.467 e. The lowest BCUT2D eigenvalue weighted by molar-refractivity contribution is 0.0463. The summed E-state index contributed by atoms with van der Waals surface area (Å²) in [4.78, 5) is 13.9. The Morgan fingerprint density at radius 1 is 1.41 bits per heavy atom. The lowest BCUT2D eigenvalue weighted by atomic mass is 9.82. The number of halogens is 1. The Bertz CT molecular complexity index is 398. The molecule has 1 saturated carbocycles. The summed E-state index contributed by atoms with van der Waals surface area (Å²) >= 11 is 5.77. The van der Waals surface area contributed by atoms with Crippen molar-refractivity contribution in [1.29, 1.82) is 0 Å². The van der Waals surface area contributed by atoms with Crippen LogP contribution in [0.4, 0.5) is 5.95 Å². The van der Waals surface area contributed by atoms with Crippen LogP contribution in [0.3, 0.4) is 0 Å². The van der Waals surface area contributed by atoms with Crippen molar-refractivity contribution in [2.24, 2.45) is 5.92 Å². The van der Waals surface area contributed by atoms with Gasteiger partial charge in [-0.15, -0.1) is 0 Å². The van der Waals surface area contributed by atoms with E-state index in [1.165, 1.54) is 7.11 Å². The SMILES string of the molecule is COc1nc(Cl)nc(N(C)CC2CC(O)C2)n1. The number of ether oxygens (including phenoxy) is 1. The molecular formula is C10H15ClN4O2. The third-order valence-electron chi connectivity index (χ3n) is 2.84. The van der Waals surface area contributed by atoms with Gasteiger partial charge in [0.15, 0.2) is 0 Å². The largest absolute Gasteiger partial charge is 0.467 e. The number of hydrogen-bond donors (Lipinski definition) is 1. The van der Waals surface area contributed by atoms with Gasteiger partial charge in [-0.05, 0) is 30.4 Å². The molecule has 0 atom stereocenters. The maximum Gasteiger partial charge on any atom is 0.322 e. The van der Waals surface area contributed by atoms with Gasteiger partial charge in [0.1, 0.15) is 0 Å². The predicted molar refractivity (Wildman–Crippen MR) is 63.4 cm³/mol. The number of rotatable bonds is 4. The van der Waals surface area contributed by atoms with Crippen LogP contribution >= 0.6 is 11.6 Å². The van der Waals surface area contributed by atoms with Gasteiger partial charge in [-0.25, -0.2) is 0 Å². The van der Waals surface area contributed by atoms with Crippen LogP contribution in [0.2, 0.25) is 5.28 Å². The maximum atomic E-state index is 9.23. The van der Waals surface area contributed by atoms with Crippen molar-refractivity contribution >= 4 is 17.5 Å². The smallest absolute Gasteiger partial charge is 0.322 e. The van der Waals surface area contributed by atoms with Crippen LogP contribution in [0.1, 0.15) is 12.8 Å². The monoisotopic (exact) mass is 258 g/mol. The maximum absolute atomic E-state index is 9.23. The average Bonchev–Trinajstić information content (AvgIpc) is 2.26. The number of aliphatic hydroxyl groups is 1. The quantitative estimate of drug-likeness (QED) is 0.859. The Hall–Kier alpha value is -1.14. The van der Waals surface area contributed by atoms with E-state index >= 15 is 0 Å². The lowest BCUT2D eigenvalue weighted by Gasteiger charge is -2.34. The van der Waals surface area contributed by atoms with E-state index in [0.29, 0.717) is 11.9 Å². The highest BCUT2D eigenvalue weighted by atomic mass is 35.5. The standard InChI is InChI=1S/C10H15ClN4O2/c1-15(5-6-3-7(16)4-6)9-12-8(11)13-10(14-9)17-2/h6-7,16H,3-5H2,1-2H3. The van der Waals surface area contributed by atoms with Gasteiger partial charge in [-0.2, -0.15) is 15.0 Å². The molecule has 1 aromatic heterocycles. The molecule has 6 nitrogen and oxygen atoms in total. The summed E-state index contributed by atoms with van der Waals surface area (Å²) < 4.78 is 4.93. The second-order valence-electron chi connectivity index (χ2n) is 4.26. The normalized spacial score (nSPS) is 23.1. The highest BCUT2D eigenvalue weighted by molar-refractivity contribution is 6.28. The molecule has 7 heteroatoms. The van der Waals surface area contributed by atoms with Crippen LogP contribution in [0.25, 0.3) is 0 Å². The number of hydrogen-bond acceptors (Lipinski definition) is 6. The van der Waals surface area contributed by atoms with Crippen molar-refractivity contribution < 1.29 is 9.84 Å². The van der Waals surface area contributed by atoms with E-state index in [9.17, 15) is 5.11 Å². The van der Waals surface area contributed by atoms with Crippen molar-refractivity contribution in [3.05, 3.63) is 5.28 Å². The van der Waals surface area contributed by atoms with Crippen LogP contribution in [0.5, 0.6) is 6.01 Å². The fourth-order valence-electron chi connectivity index (χ4n) is 1.90. The van der Waals surface area contributed by atoms with E-state index in [2.05, 4.69) is 15.0 Å². The Morgan fingerprint density at radius 2 is 2.12 bits per heavy atom. The summed E-state index contributed by atoms with van der Waals surface area (Å²) in [5, 5.41) is 9.35. The lowest BCUT2D eigenvalue weighted by Crippen LogP contribution is -2.37. The molecule has 17 heavy (non-hydrogen) atoms. The Balaban J connectivity index is 2.02. The third kappa shape index (κ3) is 2.95. The fourth-order valence-corrected chi connectivity index (χ4v) is 2.05. The summed E-state index contributed by atoms with van der Waals surface area (Å²) in [6.45, 7) is 0.792. The molecule has 1 aliphatic rings. The predicted octanol–water partition coefficient (Wildman–Crippen LogP) is 0.741. The molecule has 0 spiro atoms. The van der Waals surface area contributed by atoms with Crippen LogP contribution in [0.15, 0.2) is 0 Å². The molecule has 0 amide bonds. The highest BCUT2D eigenvalue weighted by Crippen LogP contribution is 2.28. The molecule has 2 rings (SSSR count). The second kappa shape index (κ2) is 5.01. The van der Waals surface area contributed by atoms with E-state index in [1.54, 1.807) is 0 Å². The Morgan fingerprint density at radius 3 is 2.71 bits per heavy atom. The van der Waals surface area contributed by atoms with E-state index < -0.39 is 0 Å². The van der Waals surface area contributed by atoms with Crippen molar-refractivity contribution in [3.8, 4) is 6.01 Å². The van der Waals surface area contributed by atoms with E-state index in [1.807, 2.05) is 11.9 Å².